The Kier molecular flexibility index (Phi) is 4.86. The molecule has 17 heavy (non-hydrogen) atoms. The average Bonchev–Trinajstić information content (AvgIpc) is 2.67. The van der Waals surface area contributed by atoms with Crippen molar-refractivity contribution in [3.05, 3.63) is 20.3 Å². The second-order valence-corrected chi connectivity index (χ2v) is 6.52. The summed E-state index contributed by atoms with van der Waals surface area (Å²) in [5, 5.41) is 0. The Bertz CT molecular complexity index is 397. The molecular weight excluding hydrogens is 279 g/mol. The van der Waals surface area contributed by atoms with Gasteiger partial charge in [-0.25, -0.2) is 0 Å². The highest BCUT2D eigenvalue weighted by atomic mass is 35.5. The van der Waals surface area contributed by atoms with Crippen molar-refractivity contribution in [3.8, 4) is 0 Å². The maximum Gasteiger partial charge on any atom is 0.190 e. The molecule has 0 N–H and O–H groups in total. The van der Waals surface area contributed by atoms with Gasteiger partial charge >= 0.3 is 0 Å². The predicted molar refractivity (Wildman–Crippen MR) is 71.5 cm³/mol. The van der Waals surface area contributed by atoms with Crippen molar-refractivity contribution in [2.45, 2.75) is 38.2 Å². The van der Waals surface area contributed by atoms with Crippen molar-refractivity contribution in [2.75, 3.05) is 6.61 Å². The van der Waals surface area contributed by atoms with E-state index in [0.29, 0.717) is 14.2 Å². The van der Waals surface area contributed by atoms with Crippen LogP contribution in [0.1, 0.15) is 42.5 Å². The van der Waals surface area contributed by atoms with Crippen LogP contribution in [0.2, 0.25) is 8.67 Å². The van der Waals surface area contributed by atoms with Crippen LogP contribution in [0.4, 0.5) is 0 Å². The Morgan fingerprint density at radius 3 is 2.65 bits per heavy atom. The summed E-state index contributed by atoms with van der Waals surface area (Å²) in [4.78, 5) is 11.9. The quantitative estimate of drug-likeness (QED) is 0.759. The van der Waals surface area contributed by atoms with E-state index in [1.165, 1.54) is 30.6 Å². The van der Waals surface area contributed by atoms with E-state index in [-0.39, 0.29) is 18.5 Å². The first-order valence-corrected chi connectivity index (χ1v) is 7.33. The van der Waals surface area contributed by atoms with Crippen LogP contribution < -0.4 is 0 Å². The summed E-state index contributed by atoms with van der Waals surface area (Å²) in [6, 6.07) is 1.61. The fraction of sp³-hybridized carbons (Fsp3) is 0.583. The monoisotopic (exact) mass is 292 g/mol. The molecule has 0 saturated heterocycles. The van der Waals surface area contributed by atoms with Crippen molar-refractivity contribution in [3.63, 3.8) is 0 Å². The molecule has 1 heterocycles. The number of carbonyl (C=O) groups excluding carboxylic acids is 1. The molecule has 0 atom stereocenters. The Morgan fingerprint density at radius 1 is 1.35 bits per heavy atom. The second kappa shape index (κ2) is 6.19. The molecule has 0 amide bonds. The number of hydrogen-bond donors (Lipinski definition) is 0. The molecule has 1 aliphatic carbocycles. The van der Waals surface area contributed by atoms with E-state index in [4.69, 9.17) is 27.9 Å². The molecule has 1 fully saturated rings. The molecule has 0 bridgehead atoms. The normalized spacial score (nSPS) is 17.3. The van der Waals surface area contributed by atoms with Crippen molar-refractivity contribution in [1.82, 2.24) is 0 Å². The standard InChI is InChI=1S/C12H14Cl2O2S/c13-11-6-9(12(14)17-11)10(15)7-16-8-4-2-1-3-5-8/h6,8H,1-5,7H2. The van der Waals surface area contributed by atoms with Gasteiger partial charge in [-0.3, -0.25) is 4.79 Å². The summed E-state index contributed by atoms with van der Waals surface area (Å²) in [5.41, 5.74) is 0.484. The summed E-state index contributed by atoms with van der Waals surface area (Å²) < 4.78 is 6.61. The van der Waals surface area contributed by atoms with E-state index in [2.05, 4.69) is 0 Å². The lowest BCUT2D eigenvalue weighted by Crippen LogP contribution is -2.20. The van der Waals surface area contributed by atoms with Gasteiger partial charge in [0.25, 0.3) is 0 Å². The minimum atomic E-state index is -0.0799. The van der Waals surface area contributed by atoms with Crippen LogP contribution in [-0.2, 0) is 4.74 Å². The number of ether oxygens (including phenoxy) is 1. The zero-order valence-electron chi connectivity index (χ0n) is 9.38. The summed E-state index contributed by atoms with van der Waals surface area (Å²) in [5.74, 6) is -0.0799. The van der Waals surface area contributed by atoms with Gasteiger partial charge in [-0.05, 0) is 18.9 Å². The lowest BCUT2D eigenvalue weighted by Gasteiger charge is -2.21. The molecule has 0 radical (unpaired) electrons. The van der Waals surface area contributed by atoms with Crippen molar-refractivity contribution in [1.29, 1.82) is 0 Å². The third kappa shape index (κ3) is 3.68. The molecule has 0 aromatic carbocycles. The van der Waals surface area contributed by atoms with Crippen LogP contribution in [0.15, 0.2) is 6.07 Å². The Balaban J connectivity index is 1.86. The maximum atomic E-state index is 11.9. The highest BCUT2D eigenvalue weighted by Gasteiger charge is 2.18. The van der Waals surface area contributed by atoms with Gasteiger partial charge in [0, 0.05) is 0 Å². The first-order valence-electron chi connectivity index (χ1n) is 5.76. The third-order valence-electron chi connectivity index (χ3n) is 2.96. The zero-order valence-corrected chi connectivity index (χ0v) is 11.7. The van der Waals surface area contributed by atoms with Crippen LogP contribution in [0.3, 0.4) is 0 Å². The summed E-state index contributed by atoms with van der Waals surface area (Å²) in [6.45, 7) is 0.109. The minimum Gasteiger partial charge on any atom is -0.370 e. The number of halogens is 2. The lowest BCUT2D eigenvalue weighted by molar-refractivity contribution is 0.0285. The SMILES string of the molecule is O=C(COC1CCCCC1)c1cc(Cl)sc1Cl. The molecule has 94 valence electrons. The second-order valence-electron chi connectivity index (χ2n) is 4.23. The fourth-order valence-electron chi connectivity index (χ4n) is 2.03. The molecule has 1 aromatic heterocycles. The van der Waals surface area contributed by atoms with Crippen LogP contribution in [0.5, 0.6) is 0 Å². The van der Waals surface area contributed by atoms with E-state index in [9.17, 15) is 4.79 Å². The van der Waals surface area contributed by atoms with Gasteiger partial charge in [-0.1, -0.05) is 42.5 Å². The molecule has 1 aromatic rings. The molecule has 1 saturated carbocycles. The van der Waals surface area contributed by atoms with Crippen LogP contribution in [-0.4, -0.2) is 18.5 Å². The van der Waals surface area contributed by atoms with Crippen LogP contribution in [0, 0.1) is 0 Å². The molecule has 1 aliphatic rings. The Morgan fingerprint density at radius 2 is 2.06 bits per heavy atom. The molecule has 0 unspecified atom stereocenters. The smallest absolute Gasteiger partial charge is 0.190 e. The molecule has 5 heteroatoms. The molecule has 2 nitrogen and oxygen atoms in total. The Labute approximate surface area is 115 Å². The van der Waals surface area contributed by atoms with Crippen molar-refractivity contribution < 1.29 is 9.53 Å². The summed E-state index contributed by atoms with van der Waals surface area (Å²) in [7, 11) is 0. The van der Waals surface area contributed by atoms with Crippen LogP contribution >= 0.6 is 34.5 Å². The molecule has 0 aliphatic heterocycles. The molecular formula is C12H14Cl2O2S. The number of carbonyl (C=O) groups is 1. The number of hydrogen-bond acceptors (Lipinski definition) is 3. The van der Waals surface area contributed by atoms with E-state index in [1.807, 2.05) is 0 Å². The third-order valence-corrected chi connectivity index (χ3v) is 4.45. The number of thiophene rings is 1. The predicted octanol–water partition coefficient (Wildman–Crippen LogP) is 4.59. The number of rotatable bonds is 4. The van der Waals surface area contributed by atoms with Gasteiger partial charge in [-0.2, -0.15) is 0 Å². The van der Waals surface area contributed by atoms with Crippen LogP contribution in [0.25, 0.3) is 0 Å². The molecule has 0 spiro atoms. The van der Waals surface area contributed by atoms with Gasteiger partial charge < -0.3 is 4.74 Å². The summed E-state index contributed by atoms with van der Waals surface area (Å²) in [6.07, 6.45) is 6.03. The van der Waals surface area contributed by atoms with E-state index >= 15 is 0 Å². The number of Topliss-reactive ketones (excluding diaryl/α,β-unsaturated/α-hetero) is 1. The van der Waals surface area contributed by atoms with Crippen molar-refractivity contribution >= 4 is 40.3 Å². The van der Waals surface area contributed by atoms with Gasteiger partial charge in [0.15, 0.2) is 5.78 Å². The summed E-state index contributed by atoms with van der Waals surface area (Å²) >= 11 is 12.9. The number of ketones is 1. The van der Waals surface area contributed by atoms with E-state index < -0.39 is 0 Å². The van der Waals surface area contributed by atoms with E-state index in [1.54, 1.807) is 6.07 Å². The van der Waals surface area contributed by atoms with Gasteiger partial charge in [0.1, 0.15) is 10.9 Å². The van der Waals surface area contributed by atoms with Gasteiger partial charge in [0.05, 0.1) is 16.0 Å². The first kappa shape index (κ1) is 13.3. The van der Waals surface area contributed by atoms with Gasteiger partial charge in [0.2, 0.25) is 0 Å². The van der Waals surface area contributed by atoms with Crippen molar-refractivity contribution in [2.24, 2.45) is 0 Å². The minimum absolute atomic E-state index is 0.0799. The lowest BCUT2D eigenvalue weighted by atomic mass is 9.98. The highest BCUT2D eigenvalue weighted by Crippen LogP contribution is 2.31. The average molecular weight is 293 g/mol. The van der Waals surface area contributed by atoms with E-state index in [0.717, 1.165) is 12.8 Å². The van der Waals surface area contributed by atoms with Gasteiger partial charge in [-0.15, -0.1) is 11.3 Å². The Hall–Kier alpha value is -0.0900. The highest BCUT2D eigenvalue weighted by molar-refractivity contribution is 7.20. The molecule has 2 rings (SSSR count). The zero-order chi connectivity index (χ0) is 12.3. The first-order chi connectivity index (χ1) is 8.16. The fourth-order valence-corrected chi connectivity index (χ4v) is 3.53. The topological polar surface area (TPSA) is 26.3 Å². The maximum absolute atomic E-state index is 11.9. The largest absolute Gasteiger partial charge is 0.370 e.